The monoisotopic (exact) mass is 350 g/mol. The third-order valence-electron chi connectivity index (χ3n) is 2.90. The first-order chi connectivity index (χ1) is 9.63. The van der Waals surface area contributed by atoms with Crippen LogP contribution in [0.3, 0.4) is 0 Å². The normalized spacial score (nSPS) is 10.6. The number of ether oxygens (including phenoxy) is 2. The highest BCUT2D eigenvalue weighted by Crippen LogP contribution is 2.08. The molecule has 0 saturated heterocycles. The molecule has 0 radical (unpaired) electrons. The molecule has 0 atom stereocenters. The number of alkyl halides is 1. The number of halogens is 1. The smallest absolute Gasteiger partial charge is 0.331 e. The Morgan fingerprint density at radius 3 is 1.55 bits per heavy atom. The van der Waals surface area contributed by atoms with Crippen LogP contribution in [0.2, 0.25) is 0 Å². The van der Waals surface area contributed by atoms with Crippen molar-refractivity contribution < 1.29 is 19.1 Å². The average molecular weight is 351 g/mol. The molecule has 0 N–H and O–H groups in total. The van der Waals surface area contributed by atoms with Crippen molar-refractivity contribution in [3.8, 4) is 0 Å². The maximum atomic E-state index is 11.6. The Morgan fingerprint density at radius 1 is 0.800 bits per heavy atom. The molecule has 0 unspecified atom stereocenters. The van der Waals surface area contributed by atoms with E-state index in [1.54, 1.807) is 0 Å². The molecular formula is C15H27BrO4. The summed E-state index contributed by atoms with van der Waals surface area (Å²) in [5, 5.41) is 0. The highest BCUT2D eigenvalue weighted by Gasteiger charge is 2.26. The molecule has 0 aliphatic rings. The van der Waals surface area contributed by atoms with Crippen LogP contribution in [0.1, 0.15) is 65.2 Å². The summed E-state index contributed by atoms with van der Waals surface area (Å²) in [6.45, 7) is 4.98. The second-order valence-electron chi connectivity index (χ2n) is 4.82. The Balaban J connectivity index is 3.67. The summed E-state index contributed by atoms with van der Waals surface area (Å²) in [5.41, 5.74) is 0. The number of carbonyl (C=O) groups excluding carboxylic acids is 2. The Hall–Kier alpha value is -0.580. The fraction of sp³-hybridized carbons (Fsp3) is 0.867. The van der Waals surface area contributed by atoms with Crippen LogP contribution in [0.25, 0.3) is 0 Å². The first kappa shape index (κ1) is 19.4. The van der Waals surface area contributed by atoms with Crippen LogP contribution in [0, 0.1) is 0 Å². The van der Waals surface area contributed by atoms with Crippen LogP contribution in [0.15, 0.2) is 0 Å². The van der Waals surface area contributed by atoms with Crippen molar-refractivity contribution in [3.63, 3.8) is 0 Å². The lowest BCUT2D eigenvalue weighted by Gasteiger charge is -2.10. The van der Waals surface area contributed by atoms with Crippen LogP contribution >= 0.6 is 15.9 Å². The summed E-state index contributed by atoms with van der Waals surface area (Å²) in [4.78, 5) is 22.2. The molecule has 0 aromatic rings. The quantitative estimate of drug-likeness (QED) is 0.231. The van der Waals surface area contributed by atoms with Crippen LogP contribution in [-0.2, 0) is 19.1 Å². The number of carbonyl (C=O) groups is 2. The fourth-order valence-corrected chi connectivity index (χ4v) is 1.91. The number of rotatable bonds is 12. The van der Waals surface area contributed by atoms with Gasteiger partial charge in [0, 0.05) is 0 Å². The van der Waals surface area contributed by atoms with Crippen molar-refractivity contribution in [3.05, 3.63) is 0 Å². The Labute approximate surface area is 130 Å². The van der Waals surface area contributed by atoms with Crippen molar-refractivity contribution in [2.24, 2.45) is 0 Å². The first-order valence-electron chi connectivity index (χ1n) is 7.60. The highest BCUT2D eigenvalue weighted by atomic mass is 79.9. The SMILES string of the molecule is CCCCCCOC(=O)C(Br)C(=O)OCCCCCC. The van der Waals surface area contributed by atoms with Crippen LogP contribution in [0.5, 0.6) is 0 Å². The summed E-state index contributed by atoms with van der Waals surface area (Å²) in [7, 11) is 0. The molecule has 0 aliphatic heterocycles. The molecule has 0 bridgehead atoms. The Kier molecular flexibility index (Phi) is 13.0. The van der Waals surface area contributed by atoms with Crippen molar-refractivity contribution in [1.29, 1.82) is 0 Å². The Morgan fingerprint density at radius 2 is 1.20 bits per heavy atom. The molecule has 0 aromatic carbocycles. The van der Waals surface area contributed by atoms with Gasteiger partial charge in [0.1, 0.15) is 0 Å². The van der Waals surface area contributed by atoms with E-state index in [1.165, 1.54) is 0 Å². The van der Waals surface area contributed by atoms with Gasteiger partial charge in [-0.25, -0.2) is 0 Å². The predicted molar refractivity (Wildman–Crippen MR) is 82.9 cm³/mol. The number of hydrogen-bond acceptors (Lipinski definition) is 4. The maximum Gasteiger partial charge on any atom is 0.331 e. The molecule has 0 aliphatic carbocycles. The van der Waals surface area contributed by atoms with E-state index in [0.717, 1.165) is 51.4 Å². The first-order valence-corrected chi connectivity index (χ1v) is 8.52. The molecule has 0 heterocycles. The van der Waals surface area contributed by atoms with Gasteiger partial charge in [-0.1, -0.05) is 68.3 Å². The standard InChI is InChI=1S/C15H27BrO4/c1-3-5-7-9-11-19-14(17)13(16)15(18)20-12-10-8-6-4-2/h13H,3-12H2,1-2H3. The van der Waals surface area contributed by atoms with Gasteiger partial charge in [-0.15, -0.1) is 0 Å². The minimum atomic E-state index is -1.00. The molecule has 0 amide bonds. The van der Waals surface area contributed by atoms with Gasteiger partial charge < -0.3 is 9.47 Å². The second kappa shape index (κ2) is 13.4. The number of unbranched alkanes of at least 4 members (excludes halogenated alkanes) is 6. The van der Waals surface area contributed by atoms with Gasteiger partial charge in [0.15, 0.2) is 0 Å². The van der Waals surface area contributed by atoms with Crippen LogP contribution in [0.4, 0.5) is 0 Å². The zero-order valence-corrected chi connectivity index (χ0v) is 14.2. The molecule has 0 rings (SSSR count). The zero-order valence-electron chi connectivity index (χ0n) is 12.7. The molecule has 4 nitrogen and oxygen atoms in total. The molecule has 20 heavy (non-hydrogen) atoms. The lowest BCUT2D eigenvalue weighted by atomic mass is 10.2. The lowest BCUT2D eigenvalue weighted by Crippen LogP contribution is -2.28. The molecule has 0 aromatic heterocycles. The summed E-state index contributed by atoms with van der Waals surface area (Å²) in [6, 6.07) is 0. The van der Waals surface area contributed by atoms with E-state index in [2.05, 4.69) is 29.8 Å². The van der Waals surface area contributed by atoms with E-state index in [-0.39, 0.29) is 0 Å². The van der Waals surface area contributed by atoms with Crippen LogP contribution in [-0.4, -0.2) is 30.0 Å². The van der Waals surface area contributed by atoms with Gasteiger partial charge in [0.2, 0.25) is 4.83 Å². The molecular weight excluding hydrogens is 324 g/mol. The van der Waals surface area contributed by atoms with Gasteiger partial charge in [-0.2, -0.15) is 0 Å². The minimum Gasteiger partial charge on any atom is -0.464 e. The zero-order chi connectivity index (χ0) is 15.2. The topological polar surface area (TPSA) is 52.6 Å². The predicted octanol–water partition coefficient (Wildman–Crippen LogP) is 4.00. The maximum absolute atomic E-state index is 11.6. The summed E-state index contributed by atoms with van der Waals surface area (Å²) in [5.74, 6) is -1.11. The molecule has 5 heteroatoms. The van der Waals surface area contributed by atoms with E-state index in [1.807, 2.05) is 0 Å². The van der Waals surface area contributed by atoms with Crippen LogP contribution < -0.4 is 0 Å². The molecule has 0 saturated carbocycles. The van der Waals surface area contributed by atoms with Crippen molar-refractivity contribution >= 4 is 27.9 Å². The highest BCUT2D eigenvalue weighted by molar-refractivity contribution is 9.10. The van der Waals surface area contributed by atoms with E-state index in [4.69, 9.17) is 9.47 Å². The average Bonchev–Trinajstić information content (AvgIpc) is 2.45. The van der Waals surface area contributed by atoms with Crippen molar-refractivity contribution in [1.82, 2.24) is 0 Å². The largest absolute Gasteiger partial charge is 0.464 e. The number of hydrogen-bond donors (Lipinski definition) is 0. The summed E-state index contributed by atoms with van der Waals surface area (Å²) in [6.07, 6.45) is 8.30. The molecule has 118 valence electrons. The van der Waals surface area contributed by atoms with E-state index in [0.29, 0.717) is 13.2 Å². The molecule has 0 spiro atoms. The van der Waals surface area contributed by atoms with E-state index < -0.39 is 16.8 Å². The summed E-state index contributed by atoms with van der Waals surface area (Å²) < 4.78 is 10.1. The minimum absolute atomic E-state index is 0.366. The third-order valence-corrected chi connectivity index (χ3v) is 3.65. The van der Waals surface area contributed by atoms with Gasteiger partial charge in [0.05, 0.1) is 13.2 Å². The van der Waals surface area contributed by atoms with Crippen molar-refractivity contribution in [2.45, 2.75) is 70.0 Å². The van der Waals surface area contributed by atoms with E-state index >= 15 is 0 Å². The molecule has 0 fully saturated rings. The fourth-order valence-electron chi connectivity index (χ4n) is 1.65. The van der Waals surface area contributed by atoms with Gasteiger partial charge >= 0.3 is 11.9 Å². The Bertz CT molecular complexity index is 243. The lowest BCUT2D eigenvalue weighted by molar-refractivity contribution is -0.153. The van der Waals surface area contributed by atoms with Gasteiger partial charge in [-0.3, -0.25) is 9.59 Å². The van der Waals surface area contributed by atoms with Gasteiger partial charge in [-0.05, 0) is 12.8 Å². The van der Waals surface area contributed by atoms with E-state index in [9.17, 15) is 9.59 Å². The van der Waals surface area contributed by atoms with Gasteiger partial charge in [0.25, 0.3) is 0 Å². The van der Waals surface area contributed by atoms with Crippen molar-refractivity contribution in [2.75, 3.05) is 13.2 Å². The third kappa shape index (κ3) is 10.2. The summed E-state index contributed by atoms with van der Waals surface area (Å²) >= 11 is 3.03. The number of esters is 2. The second-order valence-corrected chi connectivity index (χ2v) is 5.73.